The van der Waals surface area contributed by atoms with Crippen molar-refractivity contribution in [2.24, 2.45) is 0 Å². The normalized spacial score (nSPS) is 15.2. The zero-order chi connectivity index (χ0) is 10.3. The van der Waals surface area contributed by atoms with Gasteiger partial charge in [0.15, 0.2) is 0 Å². The van der Waals surface area contributed by atoms with E-state index in [0.717, 1.165) is 0 Å². The van der Waals surface area contributed by atoms with Crippen LogP contribution in [0.15, 0.2) is 24.3 Å². The lowest BCUT2D eigenvalue weighted by Gasteiger charge is -2.16. The molecule has 0 bridgehead atoms. The molecule has 3 heteroatoms. The fourth-order valence-corrected chi connectivity index (χ4v) is 1.60. The molecule has 1 aliphatic rings. The number of rotatable bonds is 1. The van der Waals surface area contributed by atoms with Gasteiger partial charge in [-0.3, -0.25) is 14.5 Å². The van der Waals surface area contributed by atoms with E-state index in [1.807, 2.05) is 0 Å². The van der Waals surface area contributed by atoms with Crippen LogP contribution >= 0.6 is 0 Å². The van der Waals surface area contributed by atoms with Gasteiger partial charge in [-0.2, -0.15) is 0 Å². The maximum Gasteiger partial charge on any atom is 0.262 e. The van der Waals surface area contributed by atoms with Gasteiger partial charge in [-0.05, 0) is 26.0 Å². The molecule has 1 aromatic carbocycles. The zero-order valence-electron chi connectivity index (χ0n) is 8.07. The highest BCUT2D eigenvalue weighted by atomic mass is 16.2. The molecule has 1 radical (unpaired) electrons. The van der Waals surface area contributed by atoms with E-state index in [1.54, 1.807) is 38.1 Å². The third-order valence-electron chi connectivity index (χ3n) is 2.24. The fraction of sp³-hybridized carbons (Fsp3) is 0.182. The Bertz CT molecular complexity index is 375. The molecule has 0 atom stereocenters. The van der Waals surface area contributed by atoms with Crippen LogP contribution in [0, 0.1) is 6.04 Å². The summed E-state index contributed by atoms with van der Waals surface area (Å²) < 4.78 is 0. The highest BCUT2D eigenvalue weighted by molar-refractivity contribution is 6.22. The molecule has 0 unspecified atom stereocenters. The summed E-state index contributed by atoms with van der Waals surface area (Å²) in [6.07, 6.45) is 0. The van der Waals surface area contributed by atoms with Gasteiger partial charge in [0.2, 0.25) is 0 Å². The molecule has 0 aliphatic carbocycles. The van der Waals surface area contributed by atoms with E-state index in [1.165, 1.54) is 4.90 Å². The third-order valence-corrected chi connectivity index (χ3v) is 2.24. The summed E-state index contributed by atoms with van der Waals surface area (Å²) in [5, 5.41) is 0. The van der Waals surface area contributed by atoms with Crippen molar-refractivity contribution in [3.8, 4) is 0 Å². The first-order valence-corrected chi connectivity index (χ1v) is 4.41. The molecular weight excluding hydrogens is 178 g/mol. The minimum Gasteiger partial charge on any atom is -0.269 e. The molecule has 2 rings (SSSR count). The van der Waals surface area contributed by atoms with Crippen LogP contribution in [0.25, 0.3) is 0 Å². The number of carbonyl (C=O) groups excluding carboxylic acids is 2. The van der Waals surface area contributed by atoms with E-state index < -0.39 is 0 Å². The molecule has 0 spiro atoms. The SMILES string of the molecule is C[C](C)N1C(=O)c2ccccc2C1=O. The topological polar surface area (TPSA) is 37.4 Å². The average molecular weight is 188 g/mol. The second-order valence-corrected chi connectivity index (χ2v) is 3.44. The summed E-state index contributed by atoms with van der Waals surface area (Å²) in [5.41, 5.74) is 0.998. The van der Waals surface area contributed by atoms with Crippen molar-refractivity contribution in [3.63, 3.8) is 0 Å². The van der Waals surface area contributed by atoms with Gasteiger partial charge in [0.05, 0.1) is 17.2 Å². The predicted octanol–water partition coefficient (Wildman–Crippen LogP) is 1.85. The van der Waals surface area contributed by atoms with Crippen LogP contribution in [0.5, 0.6) is 0 Å². The van der Waals surface area contributed by atoms with Gasteiger partial charge in [-0.1, -0.05) is 12.1 Å². The number of hydrogen-bond acceptors (Lipinski definition) is 2. The monoisotopic (exact) mass is 188 g/mol. The third kappa shape index (κ3) is 1.05. The summed E-state index contributed by atoms with van der Waals surface area (Å²) in [5.74, 6) is -0.434. The van der Waals surface area contributed by atoms with Crippen LogP contribution in [0.2, 0.25) is 0 Å². The van der Waals surface area contributed by atoms with Crippen molar-refractivity contribution in [1.29, 1.82) is 0 Å². The van der Waals surface area contributed by atoms with Crippen molar-refractivity contribution in [2.75, 3.05) is 0 Å². The Balaban J connectivity index is 2.54. The zero-order valence-corrected chi connectivity index (χ0v) is 8.07. The Morgan fingerprint density at radius 1 is 1.00 bits per heavy atom. The Hall–Kier alpha value is -1.64. The van der Waals surface area contributed by atoms with E-state index in [0.29, 0.717) is 17.2 Å². The van der Waals surface area contributed by atoms with Crippen LogP contribution in [-0.2, 0) is 0 Å². The number of nitrogens with zero attached hydrogens (tertiary/aromatic N) is 1. The number of fused-ring (bicyclic) bond motifs is 1. The fourth-order valence-electron chi connectivity index (χ4n) is 1.60. The molecule has 0 fully saturated rings. The van der Waals surface area contributed by atoms with Crippen LogP contribution < -0.4 is 0 Å². The molecule has 1 aromatic rings. The molecule has 1 aliphatic heterocycles. The van der Waals surface area contributed by atoms with Crippen molar-refractivity contribution in [3.05, 3.63) is 41.4 Å². The van der Waals surface area contributed by atoms with Crippen molar-refractivity contribution in [1.82, 2.24) is 4.90 Å². The van der Waals surface area contributed by atoms with Crippen molar-refractivity contribution < 1.29 is 9.59 Å². The van der Waals surface area contributed by atoms with E-state index >= 15 is 0 Å². The van der Waals surface area contributed by atoms with Gasteiger partial charge >= 0.3 is 0 Å². The van der Waals surface area contributed by atoms with Gasteiger partial charge in [0, 0.05) is 0 Å². The van der Waals surface area contributed by atoms with Gasteiger partial charge in [-0.25, -0.2) is 0 Å². The first-order chi connectivity index (χ1) is 6.63. The van der Waals surface area contributed by atoms with Gasteiger partial charge in [0.25, 0.3) is 11.8 Å². The molecule has 1 heterocycles. The Kier molecular flexibility index (Phi) is 1.88. The maximum absolute atomic E-state index is 11.7. The van der Waals surface area contributed by atoms with Crippen LogP contribution in [0.3, 0.4) is 0 Å². The standard InChI is InChI=1S/C11H10NO2/c1-7(2)12-10(13)8-5-3-4-6-9(8)11(12)14/h3-6H,1-2H3. The highest BCUT2D eigenvalue weighted by Gasteiger charge is 2.36. The van der Waals surface area contributed by atoms with E-state index in [2.05, 4.69) is 0 Å². The summed E-state index contributed by atoms with van der Waals surface area (Å²) >= 11 is 0. The molecule has 2 amide bonds. The first kappa shape index (κ1) is 8.94. The maximum atomic E-state index is 11.7. The van der Waals surface area contributed by atoms with E-state index in [9.17, 15) is 9.59 Å². The number of carbonyl (C=O) groups is 2. The second-order valence-electron chi connectivity index (χ2n) is 3.44. The average Bonchev–Trinajstić information content (AvgIpc) is 2.41. The lowest BCUT2D eigenvalue weighted by molar-refractivity contribution is 0.0671. The summed E-state index contributed by atoms with van der Waals surface area (Å²) in [4.78, 5) is 24.7. The molecule has 71 valence electrons. The minimum atomic E-state index is -0.217. The van der Waals surface area contributed by atoms with Gasteiger partial charge in [-0.15, -0.1) is 0 Å². The molecular formula is C11H10NO2. The van der Waals surface area contributed by atoms with Crippen LogP contribution in [0.1, 0.15) is 34.6 Å². The Labute approximate surface area is 82.3 Å². The summed E-state index contributed by atoms with van der Waals surface area (Å²) in [7, 11) is 0. The van der Waals surface area contributed by atoms with Crippen LogP contribution in [-0.4, -0.2) is 16.7 Å². The first-order valence-electron chi connectivity index (χ1n) is 4.41. The molecule has 0 aromatic heterocycles. The minimum absolute atomic E-state index is 0.217. The number of imide groups is 1. The largest absolute Gasteiger partial charge is 0.269 e. The summed E-state index contributed by atoms with van der Waals surface area (Å²) in [6.45, 7) is 3.50. The lowest BCUT2D eigenvalue weighted by atomic mass is 10.1. The molecule has 0 N–H and O–H groups in total. The van der Waals surface area contributed by atoms with Crippen molar-refractivity contribution >= 4 is 11.8 Å². The molecule has 14 heavy (non-hydrogen) atoms. The Morgan fingerprint density at radius 2 is 1.43 bits per heavy atom. The van der Waals surface area contributed by atoms with Gasteiger partial charge < -0.3 is 0 Å². The lowest BCUT2D eigenvalue weighted by Crippen LogP contribution is -2.30. The van der Waals surface area contributed by atoms with Crippen LogP contribution in [0.4, 0.5) is 0 Å². The number of hydrogen-bond donors (Lipinski definition) is 0. The molecule has 0 saturated heterocycles. The van der Waals surface area contributed by atoms with Gasteiger partial charge in [0.1, 0.15) is 0 Å². The number of benzene rings is 1. The molecule has 0 saturated carbocycles. The van der Waals surface area contributed by atoms with E-state index in [-0.39, 0.29) is 11.8 Å². The predicted molar refractivity (Wildman–Crippen MR) is 51.5 cm³/mol. The van der Waals surface area contributed by atoms with Crippen molar-refractivity contribution in [2.45, 2.75) is 13.8 Å². The smallest absolute Gasteiger partial charge is 0.262 e. The number of amides is 2. The quantitative estimate of drug-likeness (QED) is 0.631. The Morgan fingerprint density at radius 3 is 1.79 bits per heavy atom. The highest BCUT2D eigenvalue weighted by Crippen LogP contribution is 2.26. The second kappa shape index (κ2) is 2.94. The summed E-state index contributed by atoms with van der Waals surface area (Å²) in [6, 6.07) is 7.59. The molecule has 3 nitrogen and oxygen atoms in total. The van der Waals surface area contributed by atoms with E-state index in [4.69, 9.17) is 0 Å².